The zero-order valence-electron chi connectivity index (χ0n) is 39.2. The van der Waals surface area contributed by atoms with Crippen molar-refractivity contribution in [3.05, 3.63) is 24.3 Å². The van der Waals surface area contributed by atoms with Crippen molar-refractivity contribution < 1.29 is 51.8 Å². The number of rotatable bonds is 43. The Bertz CT molecular complexity index is 1200. The summed E-state index contributed by atoms with van der Waals surface area (Å²) in [6, 6.07) is -0.944. The number of aliphatic hydroxyl groups excluding tert-OH is 4. The Morgan fingerprint density at radius 1 is 0.629 bits per heavy atom. The maximum atomic E-state index is 13.1. The highest BCUT2D eigenvalue weighted by atomic mass is 32.3. The number of hydrogen-bond acceptors (Lipinski definition) is 10. The van der Waals surface area contributed by atoms with Crippen LogP contribution in [-0.2, 0) is 28.9 Å². The van der Waals surface area contributed by atoms with E-state index < -0.39 is 59.9 Å². The standard InChI is InChI=1S/C49H93NO11S/c1-3-5-7-9-11-13-15-17-18-19-20-21-22-23-24-25-27-29-31-33-35-37-39-45(53)50-42(43(52)38-36-34-32-30-28-26-16-14-12-10-8-6-4-2)41-59-49-47(55)48(61-62(56,57)58)46(54)44(40-51)60-49/h22-23,36,38,42-44,46-49,51-52,54-55H,3-21,24-35,37,39-41H2,1-2H3,(H,50,53)(H,56,57,58)/b23-22-,38-36+. The molecule has 1 fully saturated rings. The molecule has 0 aliphatic carbocycles. The van der Waals surface area contributed by atoms with Crippen LogP contribution in [0.5, 0.6) is 0 Å². The lowest BCUT2D eigenvalue weighted by Gasteiger charge is -2.41. The lowest BCUT2D eigenvalue weighted by atomic mass is 9.99. The van der Waals surface area contributed by atoms with E-state index in [4.69, 9.17) is 9.47 Å². The Labute approximate surface area is 378 Å². The van der Waals surface area contributed by atoms with Gasteiger partial charge in [-0.05, 0) is 44.9 Å². The minimum absolute atomic E-state index is 0.265. The zero-order valence-corrected chi connectivity index (χ0v) is 40.0. The van der Waals surface area contributed by atoms with E-state index in [0.717, 1.165) is 44.9 Å². The van der Waals surface area contributed by atoms with Gasteiger partial charge in [0.2, 0.25) is 5.91 Å². The average molecular weight is 904 g/mol. The van der Waals surface area contributed by atoms with Crippen LogP contribution < -0.4 is 5.32 Å². The van der Waals surface area contributed by atoms with Crippen molar-refractivity contribution in [2.75, 3.05) is 13.2 Å². The minimum Gasteiger partial charge on any atom is -0.394 e. The second-order valence-corrected chi connectivity index (χ2v) is 18.8. The first kappa shape index (κ1) is 58.6. The van der Waals surface area contributed by atoms with Crippen LogP contribution in [0.25, 0.3) is 0 Å². The monoisotopic (exact) mass is 904 g/mol. The SMILES string of the molecule is CCCCCCCCCCCCC/C=C\CCCCCCCCCC(=O)NC(COC1OC(CO)C(O)C(OS(=O)(=O)O)C1O)C(O)/C=C/CCCCCCCCCCCCC. The van der Waals surface area contributed by atoms with E-state index in [2.05, 4.69) is 35.5 Å². The number of unbranched alkanes of at least 4 members (excludes halogenated alkanes) is 29. The van der Waals surface area contributed by atoms with Gasteiger partial charge in [0.05, 0.1) is 25.4 Å². The molecule has 1 amide bonds. The number of carbonyl (C=O) groups is 1. The van der Waals surface area contributed by atoms with Crippen LogP contribution >= 0.6 is 0 Å². The fourth-order valence-corrected chi connectivity index (χ4v) is 8.55. The largest absolute Gasteiger partial charge is 0.397 e. The summed E-state index contributed by atoms with van der Waals surface area (Å²) in [5.74, 6) is -0.266. The van der Waals surface area contributed by atoms with Gasteiger partial charge >= 0.3 is 10.4 Å². The van der Waals surface area contributed by atoms with Gasteiger partial charge in [0.15, 0.2) is 6.29 Å². The molecule has 0 radical (unpaired) electrons. The molecule has 366 valence electrons. The predicted molar refractivity (Wildman–Crippen MR) is 250 cm³/mol. The number of hydrogen-bond donors (Lipinski definition) is 6. The van der Waals surface area contributed by atoms with Gasteiger partial charge < -0.3 is 35.2 Å². The molecule has 1 rings (SSSR count). The Balaban J connectivity index is 2.43. The Hall–Kier alpha value is -1.42. The minimum atomic E-state index is -5.08. The molecule has 0 saturated carbocycles. The van der Waals surface area contributed by atoms with Crippen molar-refractivity contribution in [2.45, 2.75) is 269 Å². The second kappa shape index (κ2) is 39.9. The van der Waals surface area contributed by atoms with Crippen molar-refractivity contribution in [2.24, 2.45) is 0 Å². The summed E-state index contributed by atoms with van der Waals surface area (Å²) >= 11 is 0. The maximum Gasteiger partial charge on any atom is 0.397 e. The molecule has 1 saturated heterocycles. The van der Waals surface area contributed by atoms with Crippen LogP contribution in [0.15, 0.2) is 24.3 Å². The summed E-state index contributed by atoms with van der Waals surface area (Å²) < 4.78 is 47.6. The van der Waals surface area contributed by atoms with E-state index in [1.165, 1.54) is 154 Å². The van der Waals surface area contributed by atoms with Crippen LogP contribution in [0.1, 0.15) is 226 Å². The smallest absolute Gasteiger partial charge is 0.394 e. The third kappa shape index (κ3) is 32.3. The first-order valence-corrected chi connectivity index (χ1v) is 26.6. The molecule has 1 aliphatic rings. The Morgan fingerprint density at radius 2 is 1.03 bits per heavy atom. The van der Waals surface area contributed by atoms with Gasteiger partial charge in [0, 0.05) is 6.42 Å². The molecule has 1 heterocycles. The Morgan fingerprint density at radius 3 is 1.45 bits per heavy atom. The van der Waals surface area contributed by atoms with E-state index in [0.29, 0.717) is 6.42 Å². The average Bonchev–Trinajstić information content (AvgIpc) is 3.24. The molecular formula is C49H93NO11S. The van der Waals surface area contributed by atoms with Crippen LogP contribution in [0.4, 0.5) is 0 Å². The van der Waals surface area contributed by atoms with Crippen molar-refractivity contribution >= 4 is 16.3 Å². The van der Waals surface area contributed by atoms with Gasteiger partial charge in [-0.15, -0.1) is 0 Å². The highest BCUT2D eigenvalue weighted by Crippen LogP contribution is 2.26. The molecule has 0 spiro atoms. The first-order valence-electron chi connectivity index (χ1n) is 25.2. The highest BCUT2D eigenvalue weighted by molar-refractivity contribution is 7.80. The quantitative estimate of drug-likeness (QED) is 0.0194. The molecule has 6 N–H and O–H groups in total. The van der Waals surface area contributed by atoms with E-state index in [-0.39, 0.29) is 18.9 Å². The summed E-state index contributed by atoms with van der Waals surface area (Å²) in [5, 5.41) is 44.7. The van der Waals surface area contributed by atoms with E-state index in [1.54, 1.807) is 6.08 Å². The molecule has 0 bridgehead atoms. The summed E-state index contributed by atoms with van der Waals surface area (Å²) in [6.45, 7) is 3.39. The van der Waals surface area contributed by atoms with Gasteiger partial charge in [-0.1, -0.05) is 199 Å². The number of ether oxygens (including phenoxy) is 2. The lowest BCUT2D eigenvalue weighted by molar-refractivity contribution is -0.298. The molecule has 62 heavy (non-hydrogen) atoms. The van der Waals surface area contributed by atoms with E-state index in [1.807, 2.05) is 6.08 Å². The number of carbonyl (C=O) groups excluding carboxylic acids is 1. The lowest BCUT2D eigenvalue weighted by Crippen LogP contribution is -2.61. The molecule has 0 aromatic carbocycles. The molecule has 0 aromatic rings. The van der Waals surface area contributed by atoms with Crippen molar-refractivity contribution in [1.82, 2.24) is 5.32 Å². The number of amides is 1. The third-order valence-corrected chi connectivity index (χ3v) is 12.4. The molecule has 12 nitrogen and oxygen atoms in total. The Kier molecular flexibility index (Phi) is 37.7. The van der Waals surface area contributed by atoms with Gasteiger partial charge in [-0.2, -0.15) is 8.42 Å². The van der Waals surface area contributed by atoms with Gasteiger partial charge in [-0.25, -0.2) is 4.18 Å². The number of allylic oxidation sites excluding steroid dienone is 3. The maximum absolute atomic E-state index is 13.1. The van der Waals surface area contributed by atoms with Gasteiger partial charge in [-0.3, -0.25) is 9.35 Å². The van der Waals surface area contributed by atoms with E-state index >= 15 is 0 Å². The molecule has 13 heteroatoms. The van der Waals surface area contributed by atoms with Crippen molar-refractivity contribution in [3.8, 4) is 0 Å². The predicted octanol–water partition coefficient (Wildman–Crippen LogP) is 10.5. The fraction of sp³-hybridized carbons (Fsp3) is 0.898. The summed E-state index contributed by atoms with van der Waals surface area (Å²) in [7, 11) is -5.08. The first-order chi connectivity index (χ1) is 30.0. The van der Waals surface area contributed by atoms with Crippen LogP contribution in [0, 0.1) is 0 Å². The fourth-order valence-electron chi connectivity index (χ4n) is 8.04. The topological polar surface area (TPSA) is 192 Å². The second-order valence-electron chi connectivity index (χ2n) is 17.8. The third-order valence-electron chi connectivity index (χ3n) is 12.0. The molecule has 0 aromatic heterocycles. The number of aliphatic hydroxyl groups is 4. The van der Waals surface area contributed by atoms with Gasteiger partial charge in [0.1, 0.15) is 24.4 Å². The number of nitrogens with one attached hydrogen (secondary N) is 1. The van der Waals surface area contributed by atoms with Crippen LogP contribution in [0.3, 0.4) is 0 Å². The van der Waals surface area contributed by atoms with Crippen LogP contribution in [-0.4, -0.2) is 95.4 Å². The molecule has 7 unspecified atom stereocenters. The summed E-state index contributed by atoms with van der Waals surface area (Å²) in [6.07, 6.45) is 37.9. The molecular weight excluding hydrogens is 811 g/mol. The molecule has 1 aliphatic heterocycles. The normalized spacial score (nSPS) is 20.7. The van der Waals surface area contributed by atoms with Crippen molar-refractivity contribution in [3.63, 3.8) is 0 Å². The van der Waals surface area contributed by atoms with Crippen molar-refractivity contribution in [1.29, 1.82) is 0 Å². The molecule has 7 atom stereocenters. The van der Waals surface area contributed by atoms with Crippen LogP contribution in [0.2, 0.25) is 0 Å². The highest BCUT2D eigenvalue weighted by Gasteiger charge is 2.48. The van der Waals surface area contributed by atoms with Gasteiger partial charge in [0.25, 0.3) is 0 Å². The van der Waals surface area contributed by atoms with E-state index in [9.17, 15) is 38.2 Å². The summed E-state index contributed by atoms with van der Waals surface area (Å²) in [5.41, 5.74) is 0. The zero-order chi connectivity index (χ0) is 45.5. The summed E-state index contributed by atoms with van der Waals surface area (Å²) in [4.78, 5) is 13.1.